The number of aliphatic carboxylic acids is 1. The second-order valence-corrected chi connectivity index (χ2v) is 7.23. The molecule has 1 aromatic carbocycles. The Balaban J connectivity index is 2.79. The zero-order valence-corrected chi connectivity index (χ0v) is 16.7. The maximum absolute atomic E-state index is 12.1. The van der Waals surface area contributed by atoms with Crippen LogP contribution in [0, 0.1) is 5.92 Å². The summed E-state index contributed by atoms with van der Waals surface area (Å²) in [5.74, 6) is -1.79. The number of Topliss-reactive ketones (excluding diaryl/α,β-unsaturated/α-hetero) is 1. The number of hydrogen-bond acceptors (Lipinski definition) is 6. The van der Waals surface area contributed by atoms with E-state index in [1.165, 1.54) is 13.8 Å². The Hall–Kier alpha value is -2.67. The number of esters is 1. The summed E-state index contributed by atoms with van der Waals surface area (Å²) in [7, 11) is 0. The molecule has 2 N–H and O–H groups in total. The van der Waals surface area contributed by atoms with E-state index in [9.17, 15) is 19.5 Å². The van der Waals surface area contributed by atoms with E-state index in [4.69, 9.17) is 14.6 Å². The molecule has 0 saturated carbocycles. The predicted molar refractivity (Wildman–Crippen MR) is 103 cm³/mol. The minimum absolute atomic E-state index is 0.0539. The molecule has 0 aromatic heterocycles. The first-order valence-corrected chi connectivity index (χ1v) is 9.06. The second kappa shape index (κ2) is 10.0. The Kier molecular flexibility index (Phi) is 8.37. The molecule has 7 nitrogen and oxygen atoms in total. The van der Waals surface area contributed by atoms with E-state index in [2.05, 4.69) is 6.58 Å². The molecule has 0 heterocycles. The lowest BCUT2D eigenvalue weighted by Crippen LogP contribution is -2.32. The van der Waals surface area contributed by atoms with E-state index < -0.39 is 35.8 Å². The monoisotopic (exact) mass is 392 g/mol. The van der Waals surface area contributed by atoms with Gasteiger partial charge in [-0.3, -0.25) is 9.59 Å². The van der Waals surface area contributed by atoms with E-state index in [0.717, 1.165) is 6.42 Å². The van der Waals surface area contributed by atoms with Gasteiger partial charge in [-0.15, -0.1) is 0 Å². The first kappa shape index (κ1) is 23.4. The van der Waals surface area contributed by atoms with Gasteiger partial charge in [0.2, 0.25) is 0 Å². The van der Waals surface area contributed by atoms with Crippen LogP contribution in [0.5, 0.6) is 5.75 Å². The van der Waals surface area contributed by atoms with Crippen LogP contribution in [0.25, 0.3) is 0 Å². The van der Waals surface area contributed by atoms with Crippen LogP contribution in [0.4, 0.5) is 0 Å². The van der Waals surface area contributed by atoms with Crippen molar-refractivity contribution in [2.24, 2.45) is 5.92 Å². The van der Waals surface area contributed by atoms with Gasteiger partial charge in [0.25, 0.3) is 0 Å². The van der Waals surface area contributed by atoms with Crippen molar-refractivity contribution in [3.05, 3.63) is 42.0 Å². The topological polar surface area (TPSA) is 110 Å². The summed E-state index contributed by atoms with van der Waals surface area (Å²) in [6.45, 7) is 10.1. The fraction of sp³-hybridized carbons (Fsp3) is 0.476. The summed E-state index contributed by atoms with van der Waals surface area (Å²) in [4.78, 5) is 34.6. The minimum Gasteiger partial charge on any atom is -0.487 e. The van der Waals surface area contributed by atoms with Crippen molar-refractivity contribution in [3.8, 4) is 5.75 Å². The van der Waals surface area contributed by atoms with Crippen LogP contribution in [0.2, 0.25) is 0 Å². The molecule has 0 aliphatic heterocycles. The van der Waals surface area contributed by atoms with Crippen LogP contribution >= 0.6 is 0 Å². The van der Waals surface area contributed by atoms with Gasteiger partial charge in [-0.1, -0.05) is 20.4 Å². The van der Waals surface area contributed by atoms with Gasteiger partial charge in [0.15, 0.2) is 5.78 Å². The van der Waals surface area contributed by atoms with E-state index in [1.807, 2.05) is 13.8 Å². The lowest BCUT2D eigenvalue weighted by molar-refractivity contribution is -0.145. The standard InChI is InChI=1S/C21H28O7/c1-6-13(2)17(12-27-20(25)14(3)11-18(22)23)28-16-9-7-15(8-10-16)19(24)21(4,5)26/h7-10,13,17,26H,3,6,11-12H2,1-2,4-5H3,(H,22,23). The SMILES string of the molecule is C=C(CC(=O)O)C(=O)OCC(Oc1ccc(C(=O)C(C)(C)O)cc1)C(C)CC. The number of rotatable bonds is 11. The van der Waals surface area contributed by atoms with Crippen LogP contribution in [0.1, 0.15) is 50.9 Å². The number of carbonyl (C=O) groups excluding carboxylic acids is 2. The first-order chi connectivity index (χ1) is 13.0. The third kappa shape index (κ3) is 7.15. The van der Waals surface area contributed by atoms with Crippen molar-refractivity contribution in [2.75, 3.05) is 6.61 Å². The van der Waals surface area contributed by atoms with Crippen LogP contribution in [0.15, 0.2) is 36.4 Å². The van der Waals surface area contributed by atoms with Crippen molar-refractivity contribution in [1.82, 2.24) is 0 Å². The Bertz CT molecular complexity index is 713. The number of carboxylic acid groups (broad SMARTS) is 1. The third-order valence-electron chi connectivity index (χ3n) is 4.27. The van der Waals surface area contributed by atoms with E-state index in [1.54, 1.807) is 24.3 Å². The zero-order chi connectivity index (χ0) is 21.5. The van der Waals surface area contributed by atoms with Gasteiger partial charge in [0.05, 0.1) is 6.42 Å². The van der Waals surface area contributed by atoms with Gasteiger partial charge in [0.1, 0.15) is 24.1 Å². The van der Waals surface area contributed by atoms with Crippen molar-refractivity contribution >= 4 is 17.7 Å². The quantitative estimate of drug-likeness (QED) is 0.338. The van der Waals surface area contributed by atoms with Crippen molar-refractivity contribution in [3.63, 3.8) is 0 Å². The number of hydrogen-bond donors (Lipinski definition) is 2. The predicted octanol–water partition coefficient (Wildman–Crippen LogP) is 3.01. The van der Waals surface area contributed by atoms with Gasteiger partial charge < -0.3 is 19.7 Å². The number of aliphatic hydroxyl groups is 1. The van der Waals surface area contributed by atoms with Gasteiger partial charge in [-0.2, -0.15) is 0 Å². The summed E-state index contributed by atoms with van der Waals surface area (Å²) < 4.78 is 11.1. The van der Waals surface area contributed by atoms with Crippen molar-refractivity contribution < 1.29 is 34.1 Å². The lowest BCUT2D eigenvalue weighted by atomic mass is 9.97. The number of benzene rings is 1. The van der Waals surface area contributed by atoms with E-state index >= 15 is 0 Å². The smallest absolute Gasteiger partial charge is 0.334 e. The number of carboxylic acids is 1. The molecule has 2 unspecified atom stereocenters. The fourth-order valence-electron chi connectivity index (χ4n) is 2.30. The van der Waals surface area contributed by atoms with Crippen LogP contribution < -0.4 is 4.74 Å². The molecule has 0 radical (unpaired) electrons. The first-order valence-electron chi connectivity index (χ1n) is 9.06. The summed E-state index contributed by atoms with van der Waals surface area (Å²) in [6.07, 6.45) is -0.166. The maximum atomic E-state index is 12.1. The second-order valence-electron chi connectivity index (χ2n) is 7.23. The van der Waals surface area contributed by atoms with Crippen molar-refractivity contribution in [2.45, 2.75) is 52.2 Å². The fourth-order valence-corrected chi connectivity index (χ4v) is 2.30. The highest BCUT2D eigenvalue weighted by atomic mass is 16.6. The highest BCUT2D eigenvalue weighted by Gasteiger charge is 2.26. The molecule has 2 atom stereocenters. The summed E-state index contributed by atoms with van der Waals surface area (Å²) in [5.41, 5.74) is -1.24. The van der Waals surface area contributed by atoms with Gasteiger partial charge in [-0.25, -0.2) is 4.79 Å². The Morgan fingerprint density at radius 2 is 1.75 bits per heavy atom. The summed E-state index contributed by atoms with van der Waals surface area (Å²) in [6, 6.07) is 6.34. The van der Waals surface area contributed by atoms with Gasteiger partial charge >= 0.3 is 11.9 Å². The largest absolute Gasteiger partial charge is 0.487 e. The molecule has 0 spiro atoms. The molecule has 7 heteroatoms. The molecular formula is C21H28O7. The van der Waals surface area contributed by atoms with Crippen molar-refractivity contribution in [1.29, 1.82) is 0 Å². The third-order valence-corrected chi connectivity index (χ3v) is 4.27. The van der Waals surface area contributed by atoms with Crippen LogP contribution in [-0.2, 0) is 14.3 Å². The Labute approximate surface area is 165 Å². The zero-order valence-electron chi connectivity index (χ0n) is 16.7. The molecule has 28 heavy (non-hydrogen) atoms. The number of ketones is 1. The lowest BCUT2D eigenvalue weighted by Gasteiger charge is -2.24. The molecule has 0 aliphatic rings. The van der Waals surface area contributed by atoms with E-state index in [-0.39, 0.29) is 18.1 Å². The Morgan fingerprint density at radius 3 is 2.21 bits per heavy atom. The molecule has 0 bridgehead atoms. The van der Waals surface area contributed by atoms with E-state index in [0.29, 0.717) is 11.3 Å². The summed E-state index contributed by atoms with van der Waals surface area (Å²) in [5, 5.41) is 18.5. The maximum Gasteiger partial charge on any atom is 0.334 e. The highest BCUT2D eigenvalue weighted by Crippen LogP contribution is 2.21. The Morgan fingerprint density at radius 1 is 1.18 bits per heavy atom. The normalized spacial score (nSPS) is 13.3. The van der Waals surface area contributed by atoms with Crippen LogP contribution in [-0.4, -0.2) is 46.2 Å². The average Bonchev–Trinajstić information content (AvgIpc) is 2.62. The molecule has 0 amide bonds. The summed E-state index contributed by atoms with van der Waals surface area (Å²) >= 11 is 0. The molecule has 154 valence electrons. The number of carbonyl (C=O) groups is 3. The van der Waals surface area contributed by atoms with Crippen LogP contribution in [0.3, 0.4) is 0 Å². The molecule has 1 aromatic rings. The highest BCUT2D eigenvalue weighted by molar-refractivity contribution is 6.01. The molecule has 0 saturated heterocycles. The minimum atomic E-state index is -1.46. The molecule has 0 fully saturated rings. The average molecular weight is 392 g/mol. The number of ether oxygens (including phenoxy) is 2. The molecule has 1 rings (SSSR count). The molecular weight excluding hydrogens is 364 g/mol. The van der Waals surface area contributed by atoms with Gasteiger partial charge in [0, 0.05) is 11.1 Å². The molecule has 0 aliphatic carbocycles. The van der Waals surface area contributed by atoms with Gasteiger partial charge in [-0.05, 0) is 50.5 Å².